The summed E-state index contributed by atoms with van der Waals surface area (Å²) in [5.74, 6) is 0.884. The van der Waals surface area contributed by atoms with Gasteiger partial charge in [0.05, 0.1) is 6.07 Å². The molecule has 2 rings (SSSR count). The molecule has 0 fully saturated rings. The van der Waals surface area contributed by atoms with E-state index in [-0.39, 0.29) is 12.7 Å². The van der Waals surface area contributed by atoms with Crippen LogP contribution in [0.25, 0.3) is 0 Å². The third-order valence-corrected chi connectivity index (χ3v) is 2.18. The van der Waals surface area contributed by atoms with Gasteiger partial charge in [0.1, 0.15) is 6.04 Å². The number of nitrogens with one attached hydrogen (secondary N) is 1. The summed E-state index contributed by atoms with van der Waals surface area (Å²) in [7, 11) is 0. The maximum absolute atomic E-state index is 11.7. The van der Waals surface area contributed by atoms with Gasteiger partial charge in [-0.25, -0.2) is 0 Å². The molecule has 1 N–H and O–H groups in total. The van der Waals surface area contributed by atoms with E-state index in [4.69, 9.17) is 14.7 Å². The Morgan fingerprint density at radius 3 is 3.00 bits per heavy atom. The van der Waals surface area contributed by atoms with Gasteiger partial charge in [-0.05, 0) is 25.1 Å². The van der Waals surface area contributed by atoms with E-state index in [2.05, 4.69) is 5.32 Å². The van der Waals surface area contributed by atoms with Crippen LogP contribution in [-0.4, -0.2) is 18.7 Å². The molecule has 0 radical (unpaired) electrons. The van der Waals surface area contributed by atoms with E-state index in [9.17, 15) is 4.79 Å². The first kappa shape index (κ1) is 10.3. The van der Waals surface area contributed by atoms with Crippen LogP contribution >= 0.6 is 0 Å². The standard InChI is InChI=1S/C11H10N2O3/c1-7(5-12)13-11(14)8-2-3-9-10(4-8)16-6-15-9/h2-4,7H,6H2,1H3,(H,13,14). The zero-order chi connectivity index (χ0) is 11.5. The van der Waals surface area contributed by atoms with Crippen LogP contribution < -0.4 is 14.8 Å². The molecule has 1 heterocycles. The highest BCUT2D eigenvalue weighted by atomic mass is 16.7. The highest BCUT2D eigenvalue weighted by Crippen LogP contribution is 2.32. The maximum atomic E-state index is 11.7. The normalized spacial score (nSPS) is 14.0. The van der Waals surface area contributed by atoms with Gasteiger partial charge in [0, 0.05) is 5.56 Å². The molecule has 5 nitrogen and oxygen atoms in total. The molecule has 82 valence electrons. The Bertz CT molecular complexity index is 465. The molecular weight excluding hydrogens is 208 g/mol. The van der Waals surface area contributed by atoms with Crippen molar-refractivity contribution in [2.75, 3.05) is 6.79 Å². The molecule has 0 aliphatic carbocycles. The number of rotatable bonds is 2. The smallest absolute Gasteiger partial charge is 0.252 e. The van der Waals surface area contributed by atoms with Gasteiger partial charge in [-0.1, -0.05) is 0 Å². The van der Waals surface area contributed by atoms with Crippen molar-refractivity contribution in [3.05, 3.63) is 23.8 Å². The van der Waals surface area contributed by atoms with E-state index < -0.39 is 6.04 Å². The summed E-state index contributed by atoms with van der Waals surface area (Å²) >= 11 is 0. The lowest BCUT2D eigenvalue weighted by Crippen LogP contribution is -2.31. The average Bonchev–Trinajstić information content (AvgIpc) is 2.75. The summed E-state index contributed by atoms with van der Waals surface area (Å²) in [6.45, 7) is 1.79. The molecule has 1 aromatic carbocycles. The van der Waals surface area contributed by atoms with Crippen molar-refractivity contribution in [1.29, 1.82) is 5.26 Å². The number of nitriles is 1. The van der Waals surface area contributed by atoms with Crippen LogP contribution in [0, 0.1) is 11.3 Å². The number of benzene rings is 1. The summed E-state index contributed by atoms with van der Waals surface area (Å²) in [6.07, 6.45) is 0. The fourth-order valence-electron chi connectivity index (χ4n) is 1.35. The van der Waals surface area contributed by atoms with E-state index in [1.54, 1.807) is 25.1 Å². The van der Waals surface area contributed by atoms with Crippen molar-refractivity contribution < 1.29 is 14.3 Å². The lowest BCUT2D eigenvalue weighted by atomic mass is 10.2. The second-order valence-electron chi connectivity index (χ2n) is 3.39. The Hall–Kier alpha value is -2.22. The molecule has 16 heavy (non-hydrogen) atoms. The summed E-state index contributed by atoms with van der Waals surface area (Å²) in [6, 6.07) is 6.32. The molecule has 0 saturated carbocycles. The Morgan fingerprint density at radius 2 is 2.25 bits per heavy atom. The van der Waals surface area contributed by atoms with Crippen molar-refractivity contribution in [3.63, 3.8) is 0 Å². The van der Waals surface area contributed by atoms with Gasteiger partial charge in [-0.15, -0.1) is 0 Å². The van der Waals surface area contributed by atoms with Crippen LogP contribution in [0.3, 0.4) is 0 Å². The lowest BCUT2D eigenvalue weighted by molar-refractivity contribution is 0.0947. The van der Waals surface area contributed by atoms with Gasteiger partial charge >= 0.3 is 0 Å². The van der Waals surface area contributed by atoms with E-state index in [0.29, 0.717) is 17.1 Å². The van der Waals surface area contributed by atoms with Crippen molar-refractivity contribution in [2.24, 2.45) is 0 Å². The molecule has 1 aliphatic heterocycles. The van der Waals surface area contributed by atoms with E-state index >= 15 is 0 Å². The number of nitrogens with zero attached hydrogens (tertiary/aromatic N) is 1. The van der Waals surface area contributed by atoms with Gasteiger partial charge in [0.15, 0.2) is 11.5 Å². The molecule has 1 aromatic rings. The first-order valence-corrected chi connectivity index (χ1v) is 4.81. The van der Waals surface area contributed by atoms with Crippen LogP contribution in [0.5, 0.6) is 11.5 Å². The molecule has 0 bridgehead atoms. The Kier molecular flexibility index (Phi) is 2.64. The minimum absolute atomic E-state index is 0.176. The maximum Gasteiger partial charge on any atom is 0.252 e. The highest BCUT2D eigenvalue weighted by molar-refractivity contribution is 5.95. The van der Waals surface area contributed by atoms with Crippen molar-refractivity contribution in [1.82, 2.24) is 5.32 Å². The van der Waals surface area contributed by atoms with Crippen LogP contribution in [0.1, 0.15) is 17.3 Å². The quantitative estimate of drug-likeness (QED) is 0.805. The monoisotopic (exact) mass is 218 g/mol. The highest BCUT2D eigenvalue weighted by Gasteiger charge is 2.16. The number of ether oxygens (including phenoxy) is 2. The molecule has 1 aliphatic rings. The van der Waals surface area contributed by atoms with Crippen LogP contribution in [-0.2, 0) is 0 Å². The van der Waals surface area contributed by atoms with E-state index in [1.165, 1.54) is 0 Å². The van der Waals surface area contributed by atoms with Gasteiger partial charge in [-0.3, -0.25) is 4.79 Å². The molecule has 0 saturated heterocycles. The number of carbonyl (C=O) groups excluding carboxylic acids is 1. The minimum atomic E-state index is -0.516. The predicted octanol–water partition coefficient (Wildman–Crippen LogP) is 1.06. The van der Waals surface area contributed by atoms with Gasteiger partial charge in [0.25, 0.3) is 5.91 Å². The third-order valence-electron chi connectivity index (χ3n) is 2.18. The molecule has 0 spiro atoms. The first-order valence-electron chi connectivity index (χ1n) is 4.81. The molecule has 0 aromatic heterocycles. The first-order chi connectivity index (χ1) is 7.70. The number of fused-ring (bicyclic) bond motifs is 1. The van der Waals surface area contributed by atoms with Crippen LogP contribution in [0.4, 0.5) is 0 Å². The van der Waals surface area contributed by atoms with E-state index in [0.717, 1.165) is 0 Å². The van der Waals surface area contributed by atoms with Crippen molar-refractivity contribution >= 4 is 5.91 Å². The number of carbonyl (C=O) groups is 1. The van der Waals surface area contributed by atoms with Crippen LogP contribution in [0.2, 0.25) is 0 Å². The molecular formula is C11H10N2O3. The van der Waals surface area contributed by atoms with Crippen molar-refractivity contribution in [2.45, 2.75) is 13.0 Å². The summed E-state index contributed by atoms with van der Waals surface area (Å²) < 4.78 is 10.3. The minimum Gasteiger partial charge on any atom is -0.454 e. The van der Waals surface area contributed by atoms with E-state index in [1.807, 2.05) is 6.07 Å². The molecule has 5 heteroatoms. The third kappa shape index (κ3) is 1.91. The Labute approximate surface area is 92.6 Å². The largest absolute Gasteiger partial charge is 0.454 e. The summed E-state index contributed by atoms with van der Waals surface area (Å²) in [5, 5.41) is 11.1. The second kappa shape index (κ2) is 4.11. The lowest BCUT2D eigenvalue weighted by Gasteiger charge is -2.06. The van der Waals surface area contributed by atoms with Crippen molar-refractivity contribution in [3.8, 4) is 17.6 Å². The van der Waals surface area contributed by atoms with Gasteiger partial charge in [0.2, 0.25) is 6.79 Å². The van der Waals surface area contributed by atoms with Gasteiger partial charge < -0.3 is 14.8 Å². The number of hydrogen-bond donors (Lipinski definition) is 1. The second-order valence-corrected chi connectivity index (χ2v) is 3.39. The zero-order valence-electron chi connectivity index (χ0n) is 8.69. The predicted molar refractivity (Wildman–Crippen MR) is 55.1 cm³/mol. The topological polar surface area (TPSA) is 71.4 Å². The summed E-state index contributed by atoms with van der Waals surface area (Å²) in [5.41, 5.74) is 0.450. The Morgan fingerprint density at radius 1 is 1.50 bits per heavy atom. The number of amides is 1. The SMILES string of the molecule is CC(C#N)NC(=O)c1ccc2c(c1)OCO2. The Balaban J connectivity index is 2.16. The van der Waals surface area contributed by atoms with Crippen LogP contribution in [0.15, 0.2) is 18.2 Å². The molecule has 1 unspecified atom stereocenters. The number of hydrogen-bond acceptors (Lipinski definition) is 4. The fraction of sp³-hybridized carbons (Fsp3) is 0.273. The summed E-state index contributed by atoms with van der Waals surface area (Å²) in [4.78, 5) is 11.7. The molecule has 1 atom stereocenters. The average molecular weight is 218 g/mol. The molecule has 1 amide bonds. The fourth-order valence-corrected chi connectivity index (χ4v) is 1.35. The zero-order valence-corrected chi connectivity index (χ0v) is 8.69. The van der Waals surface area contributed by atoms with Gasteiger partial charge in [-0.2, -0.15) is 5.26 Å².